The van der Waals surface area contributed by atoms with Gasteiger partial charge in [0, 0.05) is 17.8 Å². The van der Waals surface area contributed by atoms with E-state index in [1.165, 1.54) is 6.07 Å². The average molecular weight is 410 g/mol. The van der Waals surface area contributed by atoms with Crippen LogP contribution >= 0.6 is 0 Å². The van der Waals surface area contributed by atoms with E-state index in [1.807, 2.05) is 18.7 Å². The van der Waals surface area contributed by atoms with Gasteiger partial charge < -0.3 is 10.2 Å². The van der Waals surface area contributed by atoms with Crippen LogP contribution < -0.4 is 10.2 Å². The average Bonchev–Trinajstić information content (AvgIpc) is 2.66. The molecule has 0 saturated heterocycles. The molecule has 1 amide bonds. The number of sulfonamides is 1. The standard InChI is InChI=1S/C21H22N4O3S/c1-14(2)13-25-15(3)24-29(27,28)20-12-17(6-9-19(20)25)21(26)23-18-7-4-16(5-8-18)10-11-22/h4-9,12,14H,10,13H2,1-3H3,(H,23,26). The molecule has 1 heterocycles. The molecule has 0 unspecified atom stereocenters. The predicted molar refractivity (Wildman–Crippen MR) is 113 cm³/mol. The van der Waals surface area contributed by atoms with Crippen LogP contribution in [0, 0.1) is 17.2 Å². The number of amides is 1. The molecule has 2 aromatic carbocycles. The maximum Gasteiger partial charge on any atom is 0.286 e. The van der Waals surface area contributed by atoms with Gasteiger partial charge in [0.2, 0.25) is 0 Å². The Morgan fingerprint density at radius 1 is 1.21 bits per heavy atom. The van der Waals surface area contributed by atoms with E-state index in [9.17, 15) is 13.2 Å². The van der Waals surface area contributed by atoms with Crippen LogP contribution in [-0.4, -0.2) is 26.7 Å². The van der Waals surface area contributed by atoms with Crippen LogP contribution in [0.15, 0.2) is 51.8 Å². The fourth-order valence-corrected chi connectivity index (χ4v) is 4.39. The molecule has 1 aliphatic heterocycles. The summed E-state index contributed by atoms with van der Waals surface area (Å²) in [5.41, 5.74) is 2.17. The van der Waals surface area contributed by atoms with Crippen LogP contribution in [0.2, 0.25) is 0 Å². The van der Waals surface area contributed by atoms with E-state index in [0.29, 0.717) is 36.1 Å². The molecule has 0 saturated carbocycles. The molecule has 0 aromatic heterocycles. The molecule has 0 radical (unpaired) electrons. The molecule has 0 aliphatic carbocycles. The third-order valence-electron chi connectivity index (χ3n) is 4.48. The lowest BCUT2D eigenvalue weighted by molar-refractivity contribution is 0.102. The Balaban J connectivity index is 1.90. The molecule has 0 bridgehead atoms. The summed E-state index contributed by atoms with van der Waals surface area (Å²) in [7, 11) is -3.87. The minimum absolute atomic E-state index is 0.0285. The second-order valence-corrected chi connectivity index (χ2v) is 8.86. The maximum absolute atomic E-state index is 12.6. The van der Waals surface area contributed by atoms with E-state index in [2.05, 4.69) is 15.8 Å². The fourth-order valence-electron chi connectivity index (χ4n) is 3.13. The van der Waals surface area contributed by atoms with E-state index in [4.69, 9.17) is 5.26 Å². The lowest BCUT2D eigenvalue weighted by Crippen LogP contribution is -2.36. The first-order valence-electron chi connectivity index (χ1n) is 9.21. The van der Waals surface area contributed by atoms with E-state index >= 15 is 0 Å². The number of anilines is 2. The highest BCUT2D eigenvalue weighted by Gasteiger charge is 2.30. The molecule has 8 heteroatoms. The summed E-state index contributed by atoms with van der Waals surface area (Å²) < 4.78 is 29.0. The van der Waals surface area contributed by atoms with Crippen LogP contribution in [0.25, 0.3) is 0 Å². The van der Waals surface area contributed by atoms with Gasteiger partial charge in [-0.05, 0) is 48.7 Å². The Kier molecular flexibility index (Phi) is 5.71. The number of amidine groups is 1. The first kappa shape index (κ1) is 20.6. The predicted octanol–water partition coefficient (Wildman–Crippen LogP) is 3.59. The zero-order valence-electron chi connectivity index (χ0n) is 16.5. The highest BCUT2D eigenvalue weighted by Crippen LogP contribution is 2.33. The maximum atomic E-state index is 12.6. The number of carbonyl (C=O) groups excluding carboxylic acids is 1. The molecule has 0 atom stereocenters. The lowest BCUT2D eigenvalue weighted by Gasteiger charge is -2.30. The van der Waals surface area contributed by atoms with E-state index < -0.39 is 15.9 Å². The molecule has 7 nitrogen and oxygen atoms in total. The van der Waals surface area contributed by atoms with Crippen molar-refractivity contribution in [1.82, 2.24) is 0 Å². The Morgan fingerprint density at radius 2 is 1.90 bits per heavy atom. The Morgan fingerprint density at radius 3 is 2.52 bits per heavy atom. The number of fused-ring (bicyclic) bond motifs is 1. The van der Waals surface area contributed by atoms with Gasteiger partial charge in [0.1, 0.15) is 10.7 Å². The van der Waals surface area contributed by atoms with Crippen molar-refractivity contribution in [3.63, 3.8) is 0 Å². The summed E-state index contributed by atoms with van der Waals surface area (Å²) in [5.74, 6) is 0.305. The minimum atomic E-state index is -3.87. The molecular formula is C21H22N4O3S. The van der Waals surface area contributed by atoms with Gasteiger partial charge in [-0.2, -0.15) is 13.7 Å². The van der Waals surface area contributed by atoms with Crippen LogP contribution in [0.3, 0.4) is 0 Å². The third kappa shape index (κ3) is 4.46. The van der Waals surface area contributed by atoms with Crippen molar-refractivity contribution in [3.8, 4) is 6.07 Å². The lowest BCUT2D eigenvalue weighted by atomic mass is 10.1. The second-order valence-electron chi connectivity index (χ2n) is 7.29. The number of carbonyl (C=O) groups is 1. The minimum Gasteiger partial charge on any atom is -0.328 e. The van der Waals surface area contributed by atoms with Crippen molar-refractivity contribution >= 4 is 33.1 Å². The van der Waals surface area contributed by atoms with Gasteiger partial charge in [-0.15, -0.1) is 4.40 Å². The largest absolute Gasteiger partial charge is 0.328 e. The van der Waals surface area contributed by atoms with Crippen LogP contribution in [0.1, 0.15) is 36.7 Å². The monoisotopic (exact) mass is 410 g/mol. The molecular weight excluding hydrogens is 388 g/mol. The SMILES string of the molecule is CC1=NS(=O)(=O)c2cc(C(=O)Nc3ccc(CC#N)cc3)ccc2N1CC(C)C. The number of nitrogens with zero attached hydrogens (tertiary/aromatic N) is 3. The van der Waals surface area contributed by atoms with Crippen molar-refractivity contribution in [3.05, 3.63) is 53.6 Å². The van der Waals surface area contributed by atoms with Crippen molar-refractivity contribution < 1.29 is 13.2 Å². The van der Waals surface area contributed by atoms with E-state index in [0.717, 1.165) is 5.56 Å². The number of hydrogen-bond donors (Lipinski definition) is 1. The number of hydrogen-bond acceptors (Lipinski definition) is 5. The summed E-state index contributed by atoms with van der Waals surface area (Å²) in [6, 6.07) is 13.6. The molecule has 0 fully saturated rings. The summed E-state index contributed by atoms with van der Waals surface area (Å²) in [5, 5.41) is 11.5. The first-order chi connectivity index (χ1) is 13.7. The summed E-state index contributed by atoms with van der Waals surface area (Å²) in [4.78, 5) is 14.5. The topological polar surface area (TPSA) is 103 Å². The third-order valence-corrected chi connectivity index (χ3v) is 5.86. The van der Waals surface area contributed by atoms with E-state index in [-0.39, 0.29) is 10.5 Å². The number of rotatable bonds is 5. The summed E-state index contributed by atoms with van der Waals surface area (Å²) >= 11 is 0. The molecule has 150 valence electrons. The molecule has 3 rings (SSSR count). The Hall–Kier alpha value is -3.18. The second kappa shape index (κ2) is 8.05. The normalized spacial score (nSPS) is 14.7. The van der Waals surface area contributed by atoms with Crippen molar-refractivity contribution in [2.45, 2.75) is 32.1 Å². The number of benzene rings is 2. The zero-order chi connectivity index (χ0) is 21.2. The van der Waals surface area contributed by atoms with Crippen molar-refractivity contribution in [2.24, 2.45) is 10.3 Å². The molecule has 29 heavy (non-hydrogen) atoms. The molecule has 1 N–H and O–H groups in total. The van der Waals surface area contributed by atoms with Gasteiger partial charge >= 0.3 is 0 Å². The molecule has 2 aromatic rings. The fraction of sp³-hybridized carbons (Fsp3) is 0.286. The van der Waals surface area contributed by atoms with Gasteiger partial charge in [-0.1, -0.05) is 26.0 Å². The quantitative estimate of drug-likeness (QED) is 0.811. The number of nitrogens with one attached hydrogen (secondary N) is 1. The highest BCUT2D eigenvalue weighted by atomic mass is 32.2. The highest BCUT2D eigenvalue weighted by molar-refractivity contribution is 7.90. The molecule has 1 aliphatic rings. The summed E-state index contributed by atoms with van der Waals surface area (Å²) in [6.45, 7) is 6.37. The van der Waals surface area contributed by atoms with Gasteiger partial charge in [0.15, 0.2) is 0 Å². The van der Waals surface area contributed by atoms with Crippen LogP contribution in [-0.2, 0) is 16.4 Å². The Labute approximate surface area is 170 Å². The first-order valence-corrected chi connectivity index (χ1v) is 10.7. The summed E-state index contributed by atoms with van der Waals surface area (Å²) in [6.07, 6.45) is 0.295. The zero-order valence-corrected chi connectivity index (χ0v) is 17.3. The van der Waals surface area contributed by atoms with Crippen molar-refractivity contribution in [2.75, 3.05) is 16.8 Å². The van der Waals surface area contributed by atoms with E-state index in [1.54, 1.807) is 43.3 Å². The van der Waals surface area contributed by atoms with Gasteiger partial charge in [-0.3, -0.25) is 4.79 Å². The van der Waals surface area contributed by atoms with Gasteiger partial charge in [-0.25, -0.2) is 0 Å². The Bertz CT molecular complexity index is 1110. The van der Waals surface area contributed by atoms with Crippen LogP contribution in [0.4, 0.5) is 11.4 Å². The van der Waals surface area contributed by atoms with Gasteiger partial charge in [0.05, 0.1) is 18.2 Å². The van der Waals surface area contributed by atoms with Crippen LogP contribution in [0.5, 0.6) is 0 Å². The van der Waals surface area contributed by atoms with Gasteiger partial charge in [0.25, 0.3) is 15.9 Å². The molecule has 0 spiro atoms. The number of nitriles is 1. The smallest absolute Gasteiger partial charge is 0.286 e. The van der Waals surface area contributed by atoms with Crippen molar-refractivity contribution in [1.29, 1.82) is 5.26 Å².